The second-order valence-corrected chi connectivity index (χ2v) is 3.75. The SMILES string of the molecule is Cc1ccc(Nc2ncc(C)c(N)n2)cc1. The summed E-state index contributed by atoms with van der Waals surface area (Å²) in [6, 6.07) is 8.02. The smallest absolute Gasteiger partial charge is 0.229 e. The molecule has 0 spiro atoms. The molecule has 82 valence electrons. The van der Waals surface area contributed by atoms with E-state index in [1.54, 1.807) is 6.20 Å². The highest BCUT2D eigenvalue weighted by molar-refractivity contribution is 5.55. The van der Waals surface area contributed by atoms with Crippen LogP contribution in [-0.2, 0) is 0 Å². The van der Waals surface area contributed by atoms with Crippen LogP contribution in [0.5, 0.6) is 0 Å². The van der Waals surface area contributed by atoms with Gasteiger partial charge in [0.15, 0.2) is 0 Å². The predicted octanol–water partition coefficient (Wildman–Crippen LogP) is 2.42. The summed E-state index contributed by atoms with van der Waals surface area (Å²) >= 11 is 0. The molecule has 0 atom stereocenters. The van der Waals surface area contributed by atoms with Gasteiger partial charge in [0.05, 0.1) is 0 Å². The van der Waals surface area contributed by atoms with Gasteiger partial charge in [-0.2, -0.15) is 4.98 Å². The molecule has 0 aliphatic carbocycles. The van der Waals surface area contributed by atoms with Crippen LogP contribution in [0.15, 0.2) is 30.5 Å². The molecule has 0 bridgehead atoms. The van der Waals surface area contributed by atoms with E-state index in [1.165, 1.54) is 5.56 Å². The first kappa shape index (κ1) is 10.4. The third-order valence-electron chi connectivity index (χ3n) is 2.32. The van der Waals surface area contributed by atoms with E-state index in [4.69, 9.17) is 5.73 Å². The summed E-state index contributed by atoms with van der Waals surface area (Å²) in [5, 5.41) is 3.10. The molecule has 1 heterocycles. The Bertz CT molecular complexity index is 491. The van der Waals surface area contributed by atoms with Crippen molar-refractivity contribution in [2.24, 2.45) is 0 Å². The van der Waals surface area contributed by atoms with E-state index in [1.807, 2.05) is 38.1 Å². The van der Waals surface area contributed by atoms with E-state index in [-0.39, 0.29) is 0 Å². The Hall–Kier alpha value is -2.10. The normalized spacial score (nSPS) is 10.1. The molecule has 0 aliphatic heterocycles. The maximum Gasteiger partial charge on any atom is 0.229 e. The molecular weight excluding hydrogens is 200 g/mol. The number of aryl methyl sites for hydroxylation is 2. The zero-order valence-electron chi connectivity index (χ0n) is 9.36. The zero-order chi connectivity index (χ0) is 11.5. The first-order chi connectivity index (χ1) is 7.65. The fraction of sp³-hybridized carbons (Fsp3) is 0.167. The van der Waals surface area contributed by atoms with Crippen molar-refractivity contribution < 1.29 is 0 Å². The molecule has 4 nitrogen and oxygen atoms in total. The van der Waals surface area contributed by atoms with E-state index < -0.39 is 0 Å². The van der Waals surface area contributed by atoms with Gasteiger partial charge >= 0.3 is 0 Å². The first-order valence-corrected chi connectivity index (χ1v) is 5.08. The minimum absolute atomic E-state index is 0.504. The van der Waals surface area contributed by atoms with E-state index in [0.29, 0.717) is 11.8 Å². The number of hydrogen-bond acceptors (Lipinski definition) is 4. The first-order valence-electron chi connectivity index (χ1n) is 5.08. The third kappa shape index (κ3) is 2.28. The Morgan fingerprint density at radius 2 is 1.81 bits per heavy atom. The topological polar surface area (TPSA) is 63.8 Å². The average molecular weight is 214 g/mol. The fourth-order valence-electron chi connectivity index (χ4n) is 1.28. The van der Waals surface area contributed by atoms with Crippen molar-refractivity contribution in [1.29, 1.82) is 0 Å². The monoisotopic (exact) mass is 214 g/mol. The molecule has 1 aromatic heterocycles. The molecular formula is C12H14N4. The molecule has 4 heteroatoms. The molecule has 0 unspecified atom stereocenters. The van der Waals surface area contributed by atoms with Crippen molar-refractivity contribution in [3.05, 3.63) is 41.6 Å². The second kappa shape index (κ2) is 4.18. The molecule has 0 fully saturated rings. The summed E-state index contributed by atoms with van der Waals surface area (Å²) in [6.45, 7) is 3.93. The molecule has 0 aliphatic rings. The number of nitrogen functional groups attached to an aromatic ring is 1. The van der Waals surface area contributed by atoms with Gasteiger partial charge < -0.3 is 11.1 Å². The maximum atomic E-state index is 5.71. The third-order valence-corrected chi connectivity index (χ3v) is 2.32. The van der Waals surface area contributed by atoms with Crippen LogP contribution in [0.2, 0.25) is 0 Å². The highest BCUT2D eigenvalue weighted by atomic mass is 15.1. The van der Waals surface area contributed by atoms with Crippen molar-refractivity contribution in [3.8, 4) is 0 Å². The maximum absolute atomic E-state index is 5.71. The highest BCUT2D eigenvalue weighted by Crippen LogP contribution is 2.15. The molecule has 0 amide bonds. The van der Waals surface area contributed by atoms with Crippen LogP contribution < -0.4 is 11.1 Å². The van der Waals surface area contributed by atoms with Crippen molar-refractivity contribution in [2.75, 3.05) is 11.1 Å². The summed E-state index contributed by atoms with van der Waals surface area (Å²) < 4.78 is 0. The van der Waals surface area contributed by atoms with E-state index >= 15 is 0 Å². The Kier molecular flexibility index (Phi) is 2.72. The highest BCUT2D eigenvalue weighted by Gasteiger charge is 2.00. The number of anilines is 3. The number of nitrogens with one attached hydrogen (secondary N) is 1. The van der Waals surface area contributed by atoms with Crippen LogP contribution in [-0.4, -0.2) is 9.97 Å². The summed E-state index contributed by atoms with van der Waals surface area (Å²) in [5.74, 6) is 1.02. The zero-order valence-corrected chi connectivity index (χ0v) is 9.36. The van der Waals surface area contributed by atoms with Gasteiger partial charge in [0.1, 0.15) is 5.82 Å². The average Bonchev–Trinajstić information content (AvgIpc) is 2.27. The van der Waals surface area contributed by atoms with Crippen molar-refractivity contribution in [1.82, 2.24) is 9.97 Å². The lowest BCUT2D eigenvalue weighted by Crippen LogP contribution is -2.01. The molecule has 2 aromatic rings. The van der Waals surface area contributed by atoms with Crippen LogP contribution in [0, 0.1) is 13.8 Å². The van der Waals surface area contributed by atoms with E-state index in [9.17, 15) is 0 Å². The number of aromatic nitrogens is 2. The number of rotatable bonds is 2. The number of nitrogens with zero attached hydrogens (tertiary/aromatic N) is 2. The number of hydrogen-bond donors (Lipinski definition) is 2. The minimum atomic E-state index is 0.504. The van der Waals surface area contributed by atoms with E-state index in [2.05, 4.69) is 15.3 Å². The summed E-state index contributed by atoms with van der Waals surface area (Å²) in [4.78, 5) is 8.30. The molecule has 2 rings (SSSR count). The summed E-state index contributed by atoms with van der Waals surface area (Å²) in [5.41, 5.74) is 8.76. The summed E-state index contributed by atoms with van der Waals surface area (Å²) in [7, 11) is 0. The quantitative estimate of drug-likeness (QED) is 0.805. The molecule has 0 saturated carbocycles. The number of benzene rings is 1. The van der Waals surface area contributed by atoms with Gasteiger partial charge in [0.2, 0.25) is 5.95 Å². The van der Waals surface area contributed by atoms with Crippen molar-refractivity contribution in [2.45, 2.75) is 13.8 Å². The van der Waals surface area contributed by atoms with Gasteiger partial charge in [-0.25, -0.2) is 4.98 Å². The van der Waals surface area contributed by atoms with Crippen LogP contribution in [0.1, 0.15) is 11.1 Å². The lowest BCUT2D eigenvalue weighted by molar-refractivity contribution is 1.14. The fourth-order valence-corrected chi connectivity index (χ4v) is 1.28. The standard InChI is InChI=1S/C12H14N4/c1-8-3-5-10(6-4-8)15-12-14-7-9(2)11(13)16-12/h3-7H,1-2H3,(H3,13,14,15,16). The molecule has 16 heavy (non-hydrogen) atoms. The number of nitrogens with two attached hydrogens (primary N) is 1. The van der Waals surface area contributed by atoms with Crippen LogP contribution in [0.3, 0.4) is 0 Å². The van der Waals surface area contributed by atoms with Gasteiger partial charge in [0.25, 0.3) is 0 Å². The van der Waals surface area contributed by atoms with Crippen LogP contribution in [0.4, 0.5) is 17.5 Å². The van der Waals surface area contributed by atoms with Gasteiger partial charge in [0, 0.05) is 17.4 Å². The molecule has 0 saturated heterocycles. The minimum Gasteiger partial charge on any atom is -0.383 e. The lowest BCUT2D eigenvalue weighted by atomic mass is 10.2. The van der Waals surface area contributed by atoms with Crippen LogP contribution in [0.25, 0.3) is 0 Å². The largest absolute Gasteiger partial charge is 0.383 e. The molecule has 1 aromatic carbocycles. The van der Waals surface area contributed by atoms with Crippen LogP contribution >= 0.6 is 0 Å². The van der Waals surface area contributed by atoms with Gasteiger partial charge in [-0.3, -0.25) is 0 Å². The Morgan fingerprint density at radius 1 is 1.12 bits per heavy atom. The Morgan fingerprint density at radius 3 is 2.44 bits per heavy atom. The molecule has 3 N–H and O–H groups in total. The molecule has 0 radical (unpaired) electrons. The van der Waals surface area contributed by atoms with E-state index in [0.717, 1.165) is 11.3 Å². The lowest BCUT2D eigenvalue weighted by Gasteiger charge is -2.06. The van der Waals surface area contributed by atoms with Gasteiger partial charge in [-0.05, 0) is 26.0 Å². The Balaban J connectivity index is 2.20. The van der Waals surface area contributed by atoms with Gasteiger partial charge in [-0.1, -0.05) is 17.7 Å². The predicted molar refractivity (Wildman–Crippen MR) is 65.6 cm³/mol. The summed E-state index contributed by atoms with van der Waals surface area (Å²) in [6.07, 6.45) is 1.71. The van der Waals surface area contributed by atoms with Crippen molar-refractivity contribution in [3.63, 3.8) is 0 Å². The van der Waals surface area contributed by atoms with Gasteiger partial charge in [-0.15, -0.1) is 0 Å². The van der Waals surface area contributed by atoms with Crippen molar-refractivity contribution >= 4 is 17.5 Å². The second-order valence-electron chi connectivity index (χ2n) is 3.75. The Labute approximate surface area is 94.5 Å².